The molecule has 0 amide bonds. The highest BCUT2D eigenvalue weighted by Crippen LogP contribution is 2.44. The van der Waals surface area contributed by atoms with Crippen molar-refractivity contribution in [2.75, 3.05) is 12.8 Å². The molecule has 0 bridgehead atoms. The quantitative estimate of drug-likeness (QED) is 0.928. The second-order valence-electron chi connectivity index (χ2n) is 4.69. The minimum atomic E-state index is -0.460. The van der Waals surface area contributed by atoms with Crippen molar-refractivity contribution in [2.24, 2.45) is 0 Å². The maximum Gasteiger partial charge on any atom is 0.162 e. The molecule has 0 aromatic carbocycles. The number of hydrogen-bond acceptors (Lipinski definition) is 4. The standard InChI is InChI=1S/C12H18BrN3O/c1-4-12(2,17-3)11-15-9(7-5-6-7)8(13)10(14)16-11/h7H,4-6H2,1-3H3,(H2,14,15,16). The van der Waals surface area contributed by atoms with Crippen LogP contribution < -0.4 is 5.73 Å². The lowest BCUT2D eigenvalue weighted by atomic mass is 10.0. The number of nitrogen functional groups attached to an aromatic ring is 1. The van der Waals surface area contributed by atoms with Crippen molar-refractivity contribution in [3.8, 4) is 0 Å². The van der Waals surface area contributed by atoms with Crippen LogP contribution in [0.3, 0.4) is 0 Å². The highest BCUT2D eigenvalue weighted by atomic mass is 79.9. The molecule has 0 aliphatic heterocycles. The third-order valence-electron chi connectivity index (χ3n) is 3.46. The second kappa shape index (κ2) is 4.53. The lowest BCUT2D eigenvalue weighted by molar-refractivity contribution is -0.00905. The molecule has 94 valence electrons. The molecular formula is C12H18BrN3O. The molecule has 1 aromatic rings. The third kappa shape index (κ3) is 2.31. The van der Waals surface area contributed by atoms with Gasteiger partial charge in [-0.2, -0.15) is 0 Å². The molecule has 1 aliphatic carbocycles. The van der Waals surface area contributed by atoms with Gasteiger partial charge >= 0.3 is 0 Å². The van der Waals surface area contributed by atoms with E-state index in [-0.39, 0.29) is 0 Å². The van der Waals surface area contributed by atoms with Crippen molar-refractivity contribution in [3.05, 3.63) is 16.0 Å². The van der Waals surface area contributed by atoms with Crippen LogP contribution in [0.1, 0.15) is 50.5 Å². The van der Waals surface area contributed by atoms with Gasteiger partial charge in [0.1, 0.15) is 11.4 Å². The number of nitrogens with zero attached hydrogens (tertiary/aromatic N) is 2. The Morgan fingerprint density at radius 1 is 1.47 bits per heavy atom. The van der Waals surface area contributed by atoms with Crippen molar-refractivity contribution in [2.45, 2.75) is 44.6 Å². The lowest BCUT2D eigenvalue weighted by Crippen LogP contribution is -2.27. The number of ether oxygens (including phenoxy) is 1. The normalized spacial score (nSPS) is 19.1. The smallest absolute Gasteiger partial charge is 0.162 e. The minimum Gasteiger partial charge on any atom is -0.383 e. The van der Waals surface area contributed by atoms with E-state index < -0.39 is 5.60 Å². The first-order valence-corrected chi connectivity index (χ1v) is 6.69. The van der Waals surface area contributed by atoms with Gasteiger partial charge in [-0.15, -0.1) is 0 Å². The van der Waals surface area contributed by atoms with E-state index in [1.807, 2.05) is 6.92 Å². The van der Waals surface area contributed by atoms with Crippen molar-refractivity contribution in [1.82, 2.24) is 9.97 Å². The first-order valence-electron chi connectivity index (χ1n) is 5.90. The highest BCUT2D eigenvalue weighted by Gasteiger charge is 2.33. The first kappa shape index (κ1) is 12.8. The van der Waals surface area contributed by atoms with Crippen molar-refractivity contribution >= 4 is 21.7 Å². The molecule has 2 rings (SSSR count). The summed E-state index contributed by atoms with van der Waals surface area (Å²) in [4.78, 5) is 9.00. The average molecular weight is 300 g/mol. The summed E-state index contributed by atoms with van der Waals surface area (Å²) in [5.74, 6) is 1.73. The fraction of sp³-hybridized carbons (Fsp3) is 0.667. The van der Waals surface area contributed by atoms with E-state index in [0.29, 0.717) is 17.6 Å². The zero-order valence-electron chi connectivity index (χ0n) is 10.5. The van der Waals surface area contributed by atoms with Gasteiger partial charge in [0.05, 0.1) is 10.2 Å². The Balaban J connectivity index is 2.48. The number of halogens is 1. The summed E-state index contributed by atoms with van der Waals surface area (Å²) >= 11 is 3.47. The number of aromatic nitrogens is 2. The molecule has 2 N–H and O–H groups in total. The topological polar surface area (TPSA) is 61.0 Å². The summed E-state index contributed by atoms with van der Waals surface area (Å²) < 4.78 is 6.37. The Bertz CT molecular complexity index is 428. The third-order valence-corrected chi connectivity index (χ3v) is 4.28. The summed E-state index contributed by atoms with van der Waals surface area (Å²) in [6.07, 6.45) is 3.18. The number of rotatable bonds is 4. The maximum atomic E-state index is 5.94. The second-order valence-corrected chi connectivity index (χ2v) is 5.49. The molecule has 1 heterocycles. The van der Waals surface area contributed by atoms with Crippen LogP contribution in [0.2, 0.25) is 0 Å². The predicted molar refractivity (Wildman–Crippen MR) is 70.8 cm³/mol. The van der Waals surface area contributed by atoms with Gasteiger partial charge in [-0.25, -0.2) is 9.97 Å². The average Bonchev–Trinajstić information content (AvgIpc) is 3.15. The molecule has 17 heavy (non-hydrogen) atoms. The zero-order valence-corrected chi connectivity index (χ0v) is 12.0. The van der Waals surface area contributed by atoms with Crippen LogP contribution in [0.4, 0.5) is 5.82 Å². The van der Waals surface area contributed by atoms with E-state index in [2.05, 4.69) is 32.8 Å². The molecule has 0 radical (unpaired) electrons. The van der Waals surface area contributed by atoms with Gasteiger partial charge in [-0.1, -0.05) is 6.92 Å². The van der Waals surface area contributed by atoms with Gasteiger partial charge in [-0.3, -0.25) is 0 Å². The number of nitrogens with two attached hydrogens (primary N) is 1. The summed E-state index contributed by atoms with van der Waals surface area (Å²) in [6, 6.07) is 0. The molecule has 1 fully saturated rings. The minimum absolute atomic E-state index is 0.460. The SMILES string of the molecule is CCC(C)(OC)c1nc(N)c(Br)c(C2CC2)n1. The fourth-order valence-electron chi connectivity index (χ4n) is 1.74. The van der Waals surface area contributed by atoms with Gasteiger partial charge in [0, 0.05) is 13.0 Å². The number of anilines is 1. The Hall–Kier alpha value is -0.680. The van der Waals surface area contributed by atoms with E-state index >= 15 is 0 Å². The summed E-state index contributed by atoms with van der Waals surface area (Å²) in [5.41, 5.74) is 6.51. The maximum absolute atomic E-state index is 5.94. The van der Waals surface area contributed by atoms with Gasteiger partial charge in [0.25, 0.3) is 0 Å². The van der Waals surface area contributed by atoms with Crippen LogP contribution in [0.25, 0.3) is 0 Å². The van der Waals surface area contributed by atoms with Crippen LogP contribution in [0, 0.1) is 0 Å². The van der Waals surface area contributed by atoms with Crippen LogP contribution in [0.5, 0.6) is 0 Å². The van der Waals surface area contributed by atoms with Gasteiger partial charge in [-0.05, 0) is 42.1 Å². The number of methoxy groups -OCH3 is 1. The molecular weight excluding hydrogens is 282 g/mol. The van der Waals surface area contributed by atoms with Crippen molar-refractivity contribution in [3.63, 3.8) is 0 Å². The van der Waals surface area contributed by atoms with E-state index in [9.17, 15) is 0 Å². The van der Waals surface area contributed by atoms with Crippen LogP contribution >= 0.6 is 15.9 Å². The Morgan fingerprint density at radius 2 is 2.12 bits per heavy atom. The van der Waals surface area contributed by atoms with Crippen molar-refractivity contribution in [1.29, 1.82) is 0 Å². The Labute approximate surface area is 110 Å². The summed E-state index contributed by atoms with van der Waals surface area (Å²) in [5, 5.41) is 0. The summed E-state index contributed by atoms with van der Waals surface area (Å²) in [7, 11) is 1.68. The molecule has 0 spiro atoms. The molecule has 5 heteroatoms. The highest BCUT2D eigenvalue weighted by molar-refractivity contribution is 9.10. The molecule has 4 nitrogen and oxygen atoms in total. The predicted octanol–water partition coefficient (Wildman–Crippen LogP) is 2.97. The Morgan fingerprint density at radius 3 is 2.59 bits per heavy atom. The molecule has 1 atom stereocenters. The lowest BCUT2D eigenvalue weighted by Gasteiger charge is -2.25. The number of hydrogen-bond donors (Lipinski definition) is 1. The van der Waals surface area contributed by atoms with Gasteiger partial charge in [0.2, 0.25) is 0 Å². The fourth-order valence-corrected chi connectivity index (χ4v) is 2.24. The molecule has 1 aromatic heterocycles. The van der Waals surface area contributed by atoms with E-state index in [1.165, 1.54) is 12.8 Å². The largest absolute Gasteiger partial charge is 0.383 e. The van der Waals surface area contributed by atoms with Gasteiger partial charge < -0.3 is 10.5 Å². The molecule has 1 saturated carbocycles. The molecule has 1 unspecified atom stereocenters. The van der Waals surface area contributed by atoms with E-state index in [4.69, 9.17) is 10.5 Å². The van der Waals surface area contributed by atoms with Crippen LogP contribution in [-0.4, -0.2) is 17.1 Å². The van der Waals surface area contributed by atoms with E-state index in [0.717, 1.165) is 16.6 Å². The first-order chi connectivity index (χ1) is 8.01. The molecule has 0 saturated heterocycles. The monoisotopic (exact) mass is 299 g/mol. The zero-order chi connectivity index (χ0) is 12.6. The van der Waals surface area contributed by atoms with Crippen molar-refractivity contribution < 1.29 is 4.74 Å². The van der Waals surface area contributed by atoms with Crippen LogP contribution in [-0.2, 0) is 10.3 Å². The van der Waals surface area contributed by atoms with E-state index in [1.54, 1.807) is 7.11 Å². The van der Waals surface area contributed by atoms with Crippen LogP contribution in [0.15, 0.2) is 4.47 Å². The summed E-state index contributed by atoms with van der Waals surface area (Å²) in [6.45, 7) is 4.05. The Kier molecular flexibility index (Phi) is 3.41. The molecule has 1 aliphatic rings. The van der Waals surface area contributed by atoms with Gasteiger partial charge in [0.15, 0.2) is 5.82 Å².